The van der Waals surface area contributed by atoms with E-state index in [1.54, 1.807) is 30.3 Å². The Hall–Kier alpha value is -2.54. The number of rotatable bonds is 5. The largest absolute Gasteiger partial charge is 0.504 e. The maximum Gasteiger partial charge on any atom is 0.342 e. The van der Waals surface area contributed by atoms with Crippen LogP contribution in [0.15, 0.2) is 46.9 Å². The zero-order valence-corrected chi connectivity index (χ0v) is 14.7. The predicted octanol–water partition coefficient (Wildman–Crippen LogP) is 3.35. The van der Waals surface area contributed by atoms with Crippen molar-refractivity contribution in [3.8, 4) is 11.5 Å². The number of hydrogen-bond acceptors (Lipinski definition) is 5. The van der Waals surface area contributed by atoms with Crippen molar-refractivity contribution in [2.24, 2.45) is 0 Å². The number of carbonyl (C=O) groups is 2. The van der Waals surface area contributed by atoms with Gasteiger partial charge < -0.3 is 19.9 Å². The van der Waals surface area contributed by atoms with Crippen LogP contribution in [-0.4, -0.2) is 30.2 Å². The number of anilines is 1. The van der Waals surface area contributed by atoms with Crippen molar-refractivity contribution >= 4 is 33.5 Å². The Bertz CT molecular complexity index is 745. The molecule has 2 N–H and O–H groups in total. The molecule has 2 aromatic carbocycles. The molecule has 0 aliphatic carbocycles. The van der Waals surface area contributed by atoms with E-state index in [1.807, 2.05) is 0 Å². The molecule has 0 heterocycles. The Balaban J connectivity index is 2.03. The molecule has 6 nitrogen and oxygen atoms in total. The summed E-state index contributed by atoms with van der Waals surface area (Å²) in [6.45, 7) is 1.45. The highest BCUT2D eigenvalue weighted by Gasteiger charge is 2.22. The summed E-state index contributed by atoms with van der Waals surface area (Å²) in [4.78, 5) is 24.2. The molecule has 0 saturated heterocycles. The average Bonchev–Trinajstić information content (AvgIpc) is 2.56. The van der Waals surface area contributed by atoms with Gasteiger partial charge in [-0.3, -0.25) is 4.79 Å². The highest BCUT2D eigenvalue weighted by atomic mass is 79.9. The standard InChI is InChI=1S/C17H16BrNO5/c1-10(16(21)19-12-8-6-11(18)7-9-12)24-17(22)13-4-3-5-14(23-2)15(13)20/h3-10,20H,1-2H3,(H,19,21). The number of halogens is 1. The molecule has 1 atom stereocenters. The lowest BCUT2D eigenvalue weighted by Gasteiger charge is -2.14. The van der Waals surface area contributed by atoms with E-state index >= 15 is 0 Å². The maximum atomic E-state index is 12.1. The fourth-order valence-corrected chi connectivity index (χ4v) is 2.17. The van der Waals surface area contributed by atoms with E-state index in [4.69, 9.17) is 9.47 Å². The molecule has 7 heteroatoms. The van der Waals surface area contributed by atoms with E-state index < -0.39 is 18.0 Å². The number of ether oxygens (including phenoxy) is 2. The first-order valence-electron chi connectivity index (χ1n) is 7.05. The van der Waals surface area contributed by atoms with Crippen LogP contribution in [0.3, 0.4) is 0 Å². The summed E-state index contributed by atoms with van der Waals surface area (Å²) in [7, 11) is 1.37. The Morgan fingerprint density at radius 1 is 1.17 bits per heavy atom. The van der Waals surface area contributed by atoms with Crippen LogP contribution in [0.25, 0.3) is 0 Å². The van der Waals surface area contributed by atoms with Gasteiger partial charge in [0.1, 0.15) is 5.56 Å². The third-order valence-electron chi connectivity index (χ3n) is 3.20. The van der Waals surface area contributed by atoms with Gasteiger partial charge in [0, 0.05) is 10.2 Å². The van der Waals surface area contributed by atoms with Gasteiger partial charge >= 0.3 is 5.97 Å². The smallest absolute Gasteiger partial charge is 0.342 e. The second kappa shape index (κ2) is 7.83. The van der Waals surface area contributed by atoms with E-state index in [9.17, 15) is 14.7 Å². The van der Waals surface area contributed by atoms with Gasteiger partial charge in [0.15, 0.2) is 17.6 Å². The third-order valence-corrected chi connectivity index (χ3v) is 3.73. The zero-order valence-electron chi connectivity index (χ0n) is 13.1. The van der Waals surface area contributed by atoms with E-state index in [1.165, 1.54) is 26.2 Å². The molecular weight excluding hydrogens is 378 g/mol. The number of nitrogens with one attached hydrogen (secondary N) is 1. The highest BCUT2D eigenvalue weighted by molar-refractivity contribution is 9.10. The van der Waals surface area contributed by atoms with Gasteiger partial charge in [-0.25, -0.2) is 4.79 Å². The molecule has 0 aromatic heterocycles. The van der Waals surface area contributed by atoms with Gasteiger partial charge in [-0.1, -0.05) is 22.0 Å². The monoisotopic (exact) mass is 393 g/mol. The first-order valence-corrected chi connectivity index (χ1v) is 7.85. The second-order valence-electron chi connectivity index (χ2n) is 4.90. The molecular formula is C17H16BrNO5. The van der Waals surface area contributed by atoms with Gasteiger partial charge in [0.25, 0.3) is 5.91 Å². The van der Waals surface area contributed by atoms with Crippen LogP contribution in [0.1, 0.15) is 17.3 Å². The van der Waals surface area contributed by atoms with Crippen molar-refractivity contribution in [2.45, 2.75) is 13.0 Å². The minimum Gasteiger partial charge on any atom is -0.504 e. The Labute approximate surface area is 147 Å². The topological polar surface area (TPSA) is 84.9 Å². The predicted molar refractivity (Wildman–Crippen MR) is 92.3 cm³/mol. The van der Waals surface area contributed by atoms with E-state index in [-0.39, 0.29) is 17.1 Å². The number of amides is 1. The van der Waals surface area contributed by atoms with Gasteiger partial charge in [-0.2, -0.15) is 0 Å². The molecule has 0 fully saturated rings. The van der Waals surface area contributed by atoms with Gasteiger partial charge in [-0.05, 0) is 43.3 Å². The number of esters is 1. The number of benzene rings is 2. The van der Waals surface area contributed by atoms with Crippen molar-refractivity contribution in [3.05, 3.63) is 52.5 Å². The summed E-state index contributed by atoms with van der Waals surface area (Å²) in [6, 6.07) is 11.4. The number of para-hydroxylation sites is 1. The van der Waals surface area contributed by atoms with E-state index in [0.29, 0.717) is 5.69 Å². The summed E-state index contributed by atoms with van der Waals surface area (Å²) < 4.78 is 10.9. The lowest BCUT2D eigenvalue weighted by atomic mass is 10.2. The van der Waals surface area contributed by atoms with Crippen molar-refractivity contribution in [1.29, 1.82) is 0 Å². The SMILES string of the molecule is COc1cccc(C(=O)OC(C)C(=O)Nc2ccc(Br)cc2)c1O. The highest BCUT2D eigenvalue weighted by Crippen LogP contribution is 2.30. The number of carbonyl (C=O) groups excluding carboxylic acids is 2. The van der Waals surface area contributed by atoms with Crippen molar-refractivity contribution in [1.82, 2.24) is 0 Å². The first kappa shape index (κ1) is 17.8. The quantitative estimate of drug-likeness (QED) is 0.760. The van der Waals surface area contributed by atoms with Crippen LogP contribution < -0.4 is 10.1 Å². The van der Waals surface area contributed by atoms with Gasteiger partial charge in [0.05, 0.1) is 7.11 Å². The Kier molecular flexibility index (Phi) is 5.81. The number of phenols is 1. The molecule has 0 saturated carbocycles. The molecule has 2 rings (SSSR count). The minimum absolute atomic E-state index is 0.0716. The minimum atomic E-state index is -1.04. The lowest BCUT2D eigenvalue weighted by Crippen LogP contribution is -2.30. The van der Waals surface area contributed by atoms with Gasteiger partial charge in [0.2, 0.25) is 0 Å². The Morgan fingerprint density at radius 3 is 2.46 bits per heavy atom. The van der Waals surface area contributed by atoms with Gasteiger partial charge in [-0.15, -0.1) is 0 Å². The summed E-state index contributed by atoms with van der Waals surface area (Å²) in [5, 5.41) is 12.6. The summed E-state index contributed by atoms with van der Waals surface area (Å²) in [5.74, 6) is -1.47. The number of hydrogen-bond donors (Lipinski definition) is 2. The molecule has 0 aliphatic rings. The third kappa shape index (κ3) is 4.26. The molecule has 1 unspecified atom stereocenters. The van der Waals surface area contributed by atoms with E-state index in [2.05, 4.69) is 21.2 Å². The Morgan fingerprint density at radius 2 is 1.83 bits per heavy atom. The molecule has 1 amide bonds. The molecule has 24 heavy (non-hydrogen) atoms. The van der Waals surface area contributed by atoms with Crippen LogP contribution in [0.5, 0.6) is 11.5 Å². The van der Waals surface area contributed by atoms with Crippen LogP contribution >= 0.6 is 15.9 Å². The molecule has 0 spiro atoms. The average molecular weight is 394 g/mol. The van der Waals surface area contributed by atoms with Crippen LogP contribution in [0, 0.1) is 0 Å². The maximum absolute atomic E-state index is 12.1. The summed E-state index contributed by atoms with van der Waals surface area (Å²) in [5.41, 5.74) is 0.507. The molecule has 0 bridgehead atoms. The molecule has 2 aromatic rings. The van der Waals surface area contributed by atoms with Crippen LogP contribution in [0.2, 0.25) is 0 Å². The van der Waals surface area contributed by atoms with Crippen molar-refractivity contribution in [3.63, 3.8) is 0 Å². The number of aromatic hydroxyl groups is 1. The second-order valence-corrected chi connectivity index (χ2v) is 5.82. The van der Waals surface area contributed by atoms with Crippen LogP contribution in [0.4, 0.5) is 5.69 Å². The van der Waals surface area contributed by atoms with E-state index in [0.717, 1.165) is 4.47 Å². The lowest BCUT2D eigenvalue weighted by molar-refractivity contribution is -0.123. The molecule has 0 aliphatic heterocycles. The normalized spacial score (nSPS) is 11.5. The number of methoxy groups -OCH3 is 1. The van der Waals surface area contributed by atoms with Crippen molar-refractivity contribution < 1.29 is 24.2 Å². The fourth-order valence-electron chi connectivity index (χ4n) is 1.91. The summed E-state index contributed by atoms with van der Waals surface area (Å²) >= 11 is 3.30. The van der Waals surface area contributed by atoms with Crippen LogP contribution in [-0.2, 0) is 9.53 Å². The molecule has 0 radical (unpaired) electrons. The molecule has 126 valence electrons. The fraction of sp³-hybridized carbons (Fsp3) is 0.176. The zero-order chi connectivity index (χ0) is 17.7. The summed E-state index contributed by atoms with van der Waals surface area (Å²) in [6.07, 6.45) is -1.04. The first-order chi connectivity index (χ1) is 11.4. The van der Waals surface area contributed by atoms with Crippen molar-refractivity contribution in [2.75, 3.05) is 12.4 Å². The number of phenolic OH excluding ortho intramolecular Hbond substituents is 1.